The molecule has 2 fully saturated rings. The van der Waals surface area contributed by atoms with Gasteiger partial charge in [0.25, 0.3) is 0 Å². The third kappa shape index (κ3) is 7.00. The van der Waals surface area contributed by atoms with E-state index in [1.807, 2.05) is 65.2 Å². The summed E-state index contributed by atoms with van der Waals surface area (Å²) in [6.07, 6.45) is 3.89. The molecule has 0 bridgehead atoms. The van der Waals surface area contributed by atoms with Crippen LogP contribution < -0.4 is 0 Å². The first-order valence-electron chi connectivity index (χ1n) is 14.9. The number of hydrogen-bond donors (Lipinski definition) is 2. The standard InChI is InChI=1S/C33H43N3O5/c1-34-23-26(27-11-5-6-12-28(27)34)21-31(39)36-17-8-7-14-33(32(40)41-24-30(38)29(37)13-18-36)15-19-35(20-16-33)22-25-9-3-2-4-10-25/h2-6,9-12,23,29-30,37-38H,7-8,13-22,24H2,1H3/t29-,30+/m0/s1. The van der Waals surface area contributed by atoms with Gasteiger partial charge in [0.05, 0.1) is 17.9 Å². The number of esters is 1. The smallest absolute Gasteiger partial charge is 0.312 e. The Bertz CT molecular complexity index is 1310. The van der Waals surface area contributed by atoms with Crippen LogP contribution in [0.1, 0.15) is 49.7 Å². The lowest BCUT2D eigenvalue weighted by Crippen LogP contribution is -2.45. The van der Waals surface area contributed by atoms with Gasteiger partial charge in [-0.3, -0.25) is 14.5 Å². The Morgan fingerprint density at radius 2 is 1.66 bits per heavy atom. The van der Waals surface area contributed by atoms with Crippen molar-refractivity contribution in [1.82, 2.24) is 14.4 Å². The van der Waals surface area contributed by atoms with Gasteiger partial charge in [-0.1, -0.05) is 55.0 Å². The summed E-state index contributed by atoms with van der Waals surface area (Å²) in [4.78, 5) is 31.1. The van der Waals surface area contributed by atoms with Crippen LogP contribution in [0, 0.1) is 5.41 Å². The summed E-state index contributed by atoms with van der Waals surface area (Å²) in [5.74, 6) is -0.263. The minimum absolute atomic E-state index is 0.00850. The summed E-state index contributed by atoms with van der Waals surface area (Å²) in [5, 5.41) is 22.3. The van der Waals surface area contributed by atoms with E-state index >= 15 is 0 Å². The molecular formula is C33H43N3O5. The molecule has 41 heavy (non-hydrogen) atoms. The summed E-state index contributed by atoms with van der Waals surface area (Å²) in [7, 11) is 1.98. The third-order valence-electron chi connectivity index (χ3n) is 9.03. The number of ether oxygens (including phenoxy) is 1. The molecular weight excluding hydrogens is 518 g/mol. The molecule has 2 atom stereocenters. The number of aryl methyl sites for hydroxylation is 1. The number of carbonyl (C=O) groups is 2. The van der Waals surface area contributed by atoms with Crippen LogP contribution >= 0.6 is 0 Å². The van der Waals surface area contributed by atoms with E-state index in [0.29, 0.717) is 32.4 Å². The molecule has 2 saturated heterocycles. The van der Waals surface area contributed by atoms with Crippen molar-refractivity contribution in [3.8, 4) is 0 Å². The molecule has 1 amide bonds. The number of cyclic esters (lactones) is 1. The Balaban J connectivity index is 1.25. The van der Waals surface area contributed by atoms with Crippen molar-refractivity contribution in [1.29, 1.82) is 0 Å². The van der Waals surface area contributed by atoms with Crippen LogP contribution in [0.4, 0.5) is 0 Å². The van der Waals surface area contributed by atoms with Gasteiger partial charge in [0.15, 0.2) is 0 Å². The average molecular weight is 562 g/mol. The highest BCUT2D eigenvalue weighted by molar-refractivity contribution is 5.89. The van der Waals surface area contributed by atoms with Gasteiger partial charge >= 0.3 is 5.97 Å². The molecule has 0 aliphatic carbocycles. The number of nitrogens with zero attached hydrogens (tertiary/aromatic N) is 3. The maximum atomic E-state index is 13.5. The predicted octanol–water partition coefficient (Wildman–Crippen LogP) is 3.67. The van der Waals surface area contributed by atoms with E-state index in [0.717, 1.165) is 48.9 Å². The van der Waals surface area contributed by atoms with Gasteiger partial charge in [-0.2, -0.15) is 0 Å². The molecule has 2 aliphatic rings. The molecule has 5 rings (SSSR count). The summed E-state index contributed by atoms with van der Waals surface area (Å²) >= 11 is 0. The number of amides is 1. The first-order chi connectivity index (χ1) is 19.8. The topological polar surface area (TPSA) is 95.2 Å². The van der Waals surface area contributed by atoms with Crippen molar-refractivity contribution in [3.05, 3.63) is 71.9 Å². The SMILES string of the molecule is Cn1cc(CC(=O)N2CCCCC3(CCN(Cc4ccccc4)CC3)C(=O)OC[C@@H](O)[C@@H](O)CC2)c2ccccc21. The molecule has 8 heteroatoms. The van der Waals surface area contributed by atoms with E-state index in [-0.39, 0.29) is 31.3 Å². The van der Waals surface area contributed by atoms with Crippen LogP contribution in [0.15, 0.2) is 60.8 Å². The average Bonchev–Trinajstić information content (AvgIpc) is 3.31. The number of aromatic nitrogens is 1. The van der Waals surface area contributed by atoms with Crippen molar-refractivity contribution in [2.45, 2.75) is 63.7 Å². The normalized spacial score (nSPS) is 23.0. The van der Waals surface area contributed by atoms with Gasteiger partial charge in [-0.15, -0.1) is 0 Å². The number of likely N-dealkylation sites (tertiary alicyclic amines) is 1. The van der Waals surface area contributed by atoms with Crippen molar-refractivity contribution in [3.63, 3.8) is 0 Å². The second-order valence-electron chi connectivity index (χ2n) is 11.9. The molecule has 2 aromatic carbocycles. The summed E-state index contributed by atoms with van der Waals surface area (Å²) in [6.45, 7) is 3.10. The van der Waals surface area contributed by atoms with Crippen LogP contribution in [-0.4, -0.2) is 81.5 Å². The fourth-order valence-electron chi connectivity index (χ4n) is 6.41. The Hall–Kier alpha value is -3.20. The lowest BCUT2D eigenvalue weighted by atomic mass is 9.74. The molecule has 3 heterocycles. The van der Waals surface area contributed by atoms with Crippen LogP contribution in [0.3, 0.4) is 0 Å². The second kappa shape index (κ2) is 13.2. The largest absolute Gasteiger partial charge is 0.462 e. The van der Waals surface area contributed by atoms with E-state index in [9.17, 15) is 19.8 Å². The zero-order chi connectivity index (χ0) is 28.8. The van der Waals surface area contributed by atoms with Crippen LogP contribution in [0.5, 0.6) is 0 Å². The quantitative estimate of drug-likeness (QED) is 0.472. The molecule has 1 spiro atoms. The number of rotatable bonds is 4. The number of aliphatic hydroxyl groups is 2. The van der Waals surface area contributed by atoms with E-state index in [1.165, 1.54) is 5.56 Å². The summed E-state index contributed by atoms with van der Waals surface area (Å²) in [6, 6.07) is 18.4. The minimum Gasteiger partial charge on any atom is -0.462 e. The van der Waals surface area contributed by atoms with E-state index < -0.39 is 17.6 Å². The van der Waals surface area contributed by atoms with Gasteiger partial charge in [0.2, 0.25) is 5.91 Å². The number of para-hydroxylation sites is 1. The highest BCUT2D eigenvalue weighted by Gasteiger charge is 2.42. The van der Waals surface area contributed by atoms with Crippen molar-refractivity contribution in [2.24, 2.45) is 12.5 Å². The number of benzene rings is 2. The third-order valence-corrected chi connectivity index (χ3v) is 9.03. The van der Waals surface area contributed by atoms with Crippen LogP contribution in [0.2, 0.25) is 0 Å². The Morgan fingerprint density at radius 1 is 0.927 bits per heavy atom. The number of piperidine rings is 1. The Labute approximate surface area is 242 Å². The predicted molar refractivity (Wildman–Crippen MR) is 158 cm³/mol. The van der Waals surface area contributed by atoms with Gasteiger partial charge < -0.3 is 24.4 Å². The molecule has 0 unspecified atom stereocenters. The van der Waals surface area contributed by atoms with Crippen molar-refractivity contribution >= 4 is 22.8 Å². The molecule has 2 N–H and O–H groups in total. The van der Waals surface area contributed by atoms with E-state index in [4.69, 9.17) is 4.74 Å². The van der Waals surface area contributed by atoms with Crippen LogP contribution in [0.25, 0.3) is 10.9 Å². The first-order valence-corrected chi connectivity index (χ1v) is 14.9. The molecule has 1 aromatic heterocycles. The molecule has 0 radical (unpaired) electrons. The molecule has 2 aliphatic heterocycles. The Kier molecular flexibility index (Phi) is 9.42. The molecule has 0 saturated carbocycles. The zero-order valence-electron chi connectivity index (χ0n) is 24.1. The molecule has 220 valence electrons. The highest BCUT2D eigenvalue weighted by Crippen LogP contribution is 2.39. The zero-order valence-corrected chi connectivity index (χ0v) is 24.1. The van der Waals surface area contributed by atoms with Gasteiger partial charge in [0.1, 0.15) is 12.7 Å². The lowest BCUT2D eigenvalue weighted by Gasteiger charge is -2.40. The Morgan fingerprint density at radius 3 is 2.44 bits per heavy atom. The number of fused-ring (bicyclic) bond motifs is 1. The van der Waals surface area contributed by atoms with E-state index in [2.05, 4.69) is 17.0 Å². The maximum absolute atomic E-state index is 13.5. The van der Waals surface area contributed by atoms with Gasteiger partial charge in [-0.25, -0.2) is 0 Å². The van der Waals surface area contributed by atoms with Crippen molar-refractivity contribution in [2.75, 3.05) is 32.8 Å². The fraction of sp³-hybridized carbons (Fsp3) is 0.515. The maximum Gasteiger partial charge on any atom is 0.312 e. The fourth-order valence-corrected chi connectivity index (χ4v) is 6.41. The van der Waals surface area contributed by atoms with E-state index in [1.54, 1.807) is 0 Å². The monoisotopic (exact) mass is 561 g/mol. The summed E-state index contributed by atoms with van der Waals surface area (Å²) < 4.78 is 7.67. The molecule has 8 nitrogen and oxygen atoms in total. The first kappa shape index (κ1) is 29.3. The number of carbonyl (C=O) groups excluding carboxylic acids is 2. The van der Waals surface area contributed by atoms with Crippen LogP contribution in [-0.2, 0) is 34.3 Å². The van der Waals surface area contributed by atoms with Gasteiger partial charge in [0, 0.05) is 43.8 Å². The number of hydrogen-bond acceptors (Lipinski definition) is 6. The van der Waals surface area contributed by atoms with Crippen molar-refractivity contribution < 1.29 is 24.5 Å². The molecule has 3 aromatic rings. The minimum atomic E-state index is -1.19. The second-order valence-corrected chi connectivity index (χ2v) is 11.9. The highest BCUT2D eigenvalue weighted by atomic mass is 16.5. The lowest BCUT2D eigenvalue weighted by molar-refractivity contribution is -0.165. The van der Waals surface area contributed by atoms with Gasteiger partial charge in [-0.05, 0) is 62.4 Å². The summed E-state index contributed by atoms with van der Waals surface area (Å²) in [5.41, 5.74) is 2.72. The number of aliphatic hydroxyl groups excluding tert-OH is 2.